The largest absolute Gasteiger partial charge is 0.339 e. The van der Waals surface area contributed by atoms with Gasteiger partial charge in [0, 0.05) is 23.6 Å². The first-order valence-electron chi connectivity index (χ1n) is 12.6. The molecular formula is C25H35N6O3S+. The molecule has 10 heteroatoms. The van der Waals surface area contributed by atoms with Crippen molar-refractivity contribution in [3.63, 3.8) is 0 Å². The summed E-state index contributed by atoms with van der Waals surface area (Å²) in [5.74, 6) is -0.413. The van der Waals surface area contributed by atoms with E-state index in [2.05, 4.69) is 20.2 Å². The molecule has 35 heavy (non-hydrogen) atoms. The molecular weight excluding hydrogens is 464 g/mol. The average molecular weight is 500 g/mol. The number of hydrogen-bond acceptors (Lipinski definition) is 6. The van der Waals surface area contributed by atoms with Gasteiger partial charge in [0.1, 0.15) is 22.8 Å². The number of nitrogens with one attached hydrogen (secondary N) is 2. The Morgan fingerprint density at radius 3 is 2.54 bits per heavy atom. The molecule has 1 aliphatic carbocycles. The van der Waals surface area contributed by atoms with E-state index < -0.39 is 12.1 Å². The van der Waals surface area contributed by atoms with E-state index >= 15 is 0 Å². The van der Waals surface area contributed by atoms with E-state index in [1.54, 1.807) is 4.90 Å². The summed E-state index contributed by atoms with van der Waals surface area (Å²) in [7, 11) is 1.85. The summed E-state index contributed by atoms with van der Waals surface area (Å²) in [5.41, 5.74) is 1.50. The van der Waals surface area contributed by atoms with E-state index in [1.807, 2.05) is 49.6 Å². The lowest BCUT2D eigenvalue weighted by Crippen LogP contribution is -2.88. The van der Waals surface area contributed by atoms with Crippen LogP contribution in [0.25, 0.3) is 11.3 Å². The topological polar surface area (TPSA) is 121 Å². The van der Waals surface area contributed by atoms with Gasteiger partial charge in [-0.3, -0.25) is 14.4 Å². The number of aromatic nitrogens is 2. The predicted molar refractivity (Wildman–Crippen MR) is 135 cm³/mol. The number of carbonyl (C=O) groups is 3. The van der Waals surface area contributed by atoms with Crippen molar-refractivity contribution in [1.82, 2.24) is 19.8 Å². The lowest BCUT2D eigenvalue weighted by atomic mass is 9.83. The molecule has 2 fully saturated rings. The van der Waals surface area contributed by atoms with Crippen molar-refractivity contribution in [3.8, 4) is 11.3 Å². The van der Waals surface area contributed by atoms with Crippen molar-refractivity contribution >= 4 is 34.3 Å². The molecule has 4 N–H and O–H groups in total. The van der Waals surface area contributed by atoms with Crippen LogP contribution >= 0.6 is 11.5 Å². The summed E-state index contributed by atoms with van der Waals surface area (Å²) in [6, 6.07) is 8.14. The molecule has 0 spiro atoms. The molecule has 4 rings (SSSR count). The maximum atomic E-state index is 13.8. The molecule has 3 atom stereocenters. The third-order valence-corrected chi connectivity index (χ3v) is 7.85. The number of likely N-dealkylation sites (tertiary alicyclic amines) is 1. The zero-order valence-electron chi connectivity index (χ0n) is 20.4. The highest BCUT2D eigenvalue weighted by molar-refractivity contribution is 7.10. The maximum absolute atomic E-state index is 13.8. The SMILES string of the molecule is C[NH2+][C@@H](C)C(=O)N[C@H](C(=O)N1CCC[C@H]1C(=O)Nc1snnc1-c1ccccc1)C1CCCCC1. The molecule has 0 radical (unpaired) electrons. The Morgan fingerprint density at radius 1 is 1.09 bits per heavy atom. The van der Waals surface area contributed by atoms with E-state index in [4.69, 9.17) is 0 Å². The first-order valence-corrected chi connectivity index (χ1v) is 13.4. The minimum atomic E-state index is -0.594. The van der Waals surface area contributed by atoms with Gasteiger partial charge in [0.25, 0.3) is 5.91 Å². The van der Waals surface area contributed by atoms with Gasteiger partial charge < -0.3 is 20.9 Å². The standard InChI is InChI=1S/C25H34N6O3S/c1-16(26-2)22(32)27-21(18-12-7-4-8-13-18)25(34)31-15-9-14-19(31)23(33)28-24-20(29-30-35-24)17-10-5-3-6-11-17/h3,5-6,10-11,16,18-19,21,26H,4,7-9,12-15H2,1-2H3,(H,27,32)(H,28,33)/p+1/t16-,19-,21-/m0/s1. The first kappa shape index (κ1) is 25.2. The number of anilines is 1. The molecule has 1 aliphatic heterocycles. The molecule has 1 aromatic heterocycles. The zero-order chi connectivity index (χ0) is 24.8. The van der Waals surface area contributed by atoms with Crippen LogP contribution in [0.15, 0.2) is 30.3 Å². The first-order chi connectivity index (χ1) is 17.0. The van der Waals surface area contributed by atoms with Crippen LogP contribution in [-0.2, 0) is 14.4 Å². The monoisotopic (exact) mass is 499 g/mol. The van der Waals surface area contributed by atoms with Crippen molar-refractivity contribution < 1.29 is 19.7 Å². The number of rotatable bonds is 8. The van der Waals surface area contributed by atoms with E-state index in [9.17, 15) is 14.4 Å². The van der Waals surface area contributed by atoms with Crippen LogP contribution < -0.4 is 16.0 Å². The van der Waals surface area contributed by atoms with Crippen LogP contribution in [0, 0.1) is 5.92 Å². The van der Waals surface area contributed by atoms with E-state index in [0.717, 1.165) is 55.6 Å². The van der Waals surface area contributed by atoms with Gasteiger partial charge in [-0.25, -0.2) is 0 Å². The van der Waals surface area contributed by atoms with Crippen molar-refractivity contribution in [2.24, 2.45) is 5.92 Å². The smallest absolute Gasteiger partial charge is 0.278 e. The third-order valence-electron chi connectivity index (χ3n) is 7.21. The molecule has 3 amide bonds. The maximum Gasteiger partial charge on any atom is 0.278 e. The van der Waals surface area contributed by atoms with Gasteiger partial charge in [0.2, 0.25) is 11.8 Å². The molecule has 188 valence electrons. The summed E-state index contributed by atoms with van der Waals surface area (Å²) < 4.78 is 4.02. The number of benzene rings is 1. The van der Waals surface area contributed by atoms with E-state index in [0.29, 0.717) is 23.7 Å². The fourth-order valence-electron chi connectivity index (χ4n) is 5.02. The number of hydrogen-bond donors (Lipinski definition) is 3. The van der Waals surface area contributed by atoms with Gasteiger partial charge in [-0.1, -0.05) is 54.1 Å². The summed E-state index contributed by atoms with van der Waals surface area (Å²) in [6.45, 7) is 2.34. The fourth-order valence-corrected chi connectivity index (χ4v) is 5.61. The van der Waals surface area contributed by atoms with Crippen LogP contribution in [0.5, 0.6) is 0 Å². The van der Waals surface area contributed by atoms with Crippen molar-refractivity contribution in [2.75, 3.05) is 18.9 Å². The average Bonchev–Trinajstić information content (AvgIpc) is 3.57. The summed E-state index contributed by atoms with van der Waals surface area (Å²) >= 11 is 1.13. The highest BCUT2D eigenvalue weighted by Gasteiger charge is 2.41. The minimum Gasteiger partial charge on any atom is -0.339 e. The lowest BCUT2D eigenvalue weighted by Gasteiger charge is -2.34. The Balaban J connectivity index is 1.50. The number of nitrogens with two attached hydrogens (primary N) is 1. The minimum absolute atomic E-state index is 0.101. The quantitative estimate of drug-likeness (QED) is 0.511. The highest BCUT2D eigenvalue weighted by atomic mass is 32.1. The van der Waals surface area contributed by atoms with Crippen LogP contribution in [0.2, 0.25) is 0 Å². The Hall–Kier alpha value is -2.85. The van der Waals surface area contributed by atoms with Crippen molar-refractivity contribution in [1.29, 1.82) is 0 Å². The fraction of sp³-hybridized carbons (Fsp3) is 0.560. The van der Waals surface area contributed by atoms with Crippen LogP contribution in [0.1, 0.15) is 51.9 Å². The third kappa shape index (κ3) is 5.87. The number of nitrogens with zero attached hydrogens (tertiary/aromatic N) is 3. The van der Waals surface area contributed by atoms with Gasteiger partial charge in [0.15, 0.2) is 6.04 Å². The number of carbonyl (C=O) groups excluding carboxylic acids is 3. The Bertz CT molecular complexity index is 1020. The molecule has 0 unspecified atom stereocenters. The lowest BCUT2D eigenvalue weighted by molar-refractivity contribution is -0.646. The van der Waals surface area contributed by atoms with E-state index in [-0.39, 0.29) is 29.7 Å². The number of likely N-dealkylation sites (N-methyl/N-ethyl adjacent to an activating group) is 1. The molecule has 1 saturated carbocycles. The van der Waals surface area contributed by atoms with Gasteiger partial charge in [-0.15, -0.1) is 5.10 Å². The summed E-state index contributed by atoms with van der Waals surface area (Å²) in [5, 5.41) is 12.6. The van der Waals surface area contributed by atoms with Gasteiger partial charge in [-0.05, 0) is 38.5 Å². The van der Waals surface area contributed by atoms with Crippen molar-refractivity contribution in [3.05, 3.63) is 30.3 Å². The zero-order valence-corrected chi connectivity index (χ0v) is 21.2. The second kappa shape index (κ2) is 11.7. The Morgan fingerprint density at radius 2 is 1.83 bits per heavy atom. The van der Waals surface area contributed by atoms with Crippen LogP contribution in [-0.4, -0.2) is 63.9 Å². The molecule has 9 nitrogen and oxygen atoms in total. The predicted octanol–water partition coefficient (Wildman–Crippen LogP) is 1.78. The van der Waals surface area contributed by atoms with Gasteiger partial charge in [-0.2, -0.15) is 0 Å². The van der Waals surface area contributed by atoms with Gasteiger partial charge >= 0.3 is 0 Å². The molecule has 2 heterocycles. The van der Waals surface area contributed by atoms with Crippen LogP contribution in [0.3, 0.4) is 0 Å². The van der Waals surface area contributed by atoms with E-state index in [1.165, 1.54) is 0 Å². The Kier molecular flexibility index (Phi) is 8.46. The summed E-state index contributed by atoms with van der Waals surface area (Å²) in [6.07, 6.45) is 6.45. The highest BCUT2D eigenvalue weighted by Crippen LogP contribution is 2.31. The summed E-state index contributed by atoms with van der Waals surface area (Å²) in [4.78, 5) is 41.5. The Labute approximate surface area is 210 Å². The number of amides is 3. The second-order valence-electron chi connectivity index (χ2n) is 9.50. The number of quaternary nitrogens is 1. The van der Waals surface area contributed by atoms with Crippen molar-refractivity contribution in [2.45, 2.75) is 70.0 Å². The molecule has 1 saturated heterocycles. The molecule has 0 bridgehead atoms. The molecule has 1 aromatic carbocycles. The van der Waals surface area contributed by atoms with Gasteiger partial charge in [0.05, 0.1) is 7.05 Å². The van der Waals surface area contributed by atoms with Crippen LogP contribution in [0.4, 0.5) is 5.00 Å². The molecule has 2 aromatic rings. The normalized spacial score (nSPS) is 20.3. The molecule has 2 aliphatic rings. The second-order valence-corrected chi connectivity index (χ2v) is 10.3.